The summed E-state index contributed by atoms with van der Waals surface area (Å²) in [5, 5.41) is 14.4. The van der Waals surface area contributed by atoms with Crippen molar-refractivity contribution in [1.29, 1.82) is 0 Å². The van der Waals surface area contributed by atoms with Gasteiger partial charge in [0.2, 0.25) is 0 Å². The number of carbonyl (C=O) groups excluding carboxylic acids is 3. The van der Waals surface area contributed by atoms with Crippen molar-refractivity contribution in [2.45, 2.75) is 70.9 Å². The topological polar surface area (TPSA) is 235 Å². The minimum absolute atomic E-state index is 0.00965. The minimum Gasteiger partial charge on any atom is -0.366 e. The number of nitrogens with one attached hydrogen (secondary N) is 4. The molecule has 4 amide bonds. The fraction of sp³-hybridized carbons (Fsp3) is 0.469. The monoisotopic (exact) mass is 736 g/mol. The number of likely N-dealkylation sites (tertiary alicyclic amines) is 1. The molecule has 4 aromatic rings. The molecule has 1 atom stereocenters. The van der Waals surface area contributed by atoms with E-state index in [0.29, 0.717) is 30.0 Å². The number of nitrogens with two attached hydrogens (primary N) is 2. The van der Waals surface area contributed by atoms with Crippen LogP contribution in [-0.4, -0.2) is 95.6 Å². The molecule has 1 saturated heterocycles. The lowest BCUT2D eigenvalue weighted by Gasteiger charge is -2.34. The molecule has 0 radical (unpaired) electrons. The lowest BCUT2D eigenvalue weighted by molar-refractivity contribution is 0.0987. The quantitative estimate of drug-likeness (QED) is 0.132. The molecule has 2 fully saturated rings. The Bertz CT molecular complexity index is 1820. The van der Waals surface area contributed by atoms with Gasteiger partial charge in [0.05, 0.1) is 23.8 Å². The van der Waals surface area contributed by atoms with Gasteiger partial charge < -0.3 is 42.5 Å². The zero-order chi connectivity index (χ0) is 36.5. The van der Waals surface area contributed by atoms with Gasteiger partial charge in [-0.2, -0.15) is 8.75 Å². The van der Waals surface area contributed by atoms with Gasteiger partial charge in [-0.05, 0) is 74.7 Å². The summed E-state index contributed by atoms with van der Waals surface area (Å²) in [7, 11) is 3.49. The number of rotatable bonds is 10. The largest absolute Gasteiger partial charge is 0.366 e. The Kier molecular flexibility index (Phi) is 12.5. The third kappa shape index (κ3) is 10.4. The standard InChI is InChI=1S/C17H24N8O2S.C15H20N6OS/c1-10-7-13(28-23-10)22-16-14(15(18)26)19-8-12(21-16)20-11-5-4-6-25(9-11)17(27)24(2)3;1-9-7-12(23-21-9)20-15-13(14(16)22)17-8-11(19-15)18-10-5-3-2-4-6-10/h7-8,11H,4-6,9H2,1-3H3,(H2,18,26)(H2,20,21,22);7-8,10H,2-6H2,1H3,(H2,16,22)(H2,18,19,20)/t11-;/m1./s1. The van der Waals surface area contributed by atoms with E-state index in [1.165, 1.54) is 48.5 Å². The van der Waals surface area contributed by atoms with E-state index in [2.05, 4.69) is 50.0 Å². The first-order valence-electron chi connectivity index (χ1n) is 16.7. The molecule has 0 bridgehead atoms. The van der Waals surface area contributed by atoms with Crippen LogP contribution in [0.1, 0.15) is 77.3 Å². The normalized spacial score (nSPS) is 16.0. The summed E-state index contributed by atoms with van der Waals surface area (Å²) >= 11 is 2.57. The Morgan fingerprint density at radius 2 is 1.25 bits per heavy atom. The molecule has 0 spiro atoms. The maximum Gasteiger partial charge on any atom is 0.319 e. The van der Waals surface area contributed by atoms with Gasteiger partial charge in [-0.25, -0.2) is 24.7 Å². The van der Waals surface area contributed by atoms with E-state index in [1.54, 1.807) is 25.2 Å². The third-order valence-electron chi connectivity index (χ3n) is 8.13. The molecule has 0 unspecified atom stereocenters. The number of anilines is 6. The number of nitrogens with zero attached hydrogens (tertiary/aromatic N) is 8. The van der Waals surface area contributed by atoms with Gasteiger partial charge in [0.25, 0.3) is 11.8 Å². The average molecular weight is 737 g/mol. The number of aryl methyl sites for hydroxylation is 2. The van der Waals surface area contributed by atoms with E-state index in [1.807, 2.05) is 30.9 Å². The second-order valence-corrected chi connectivity index (χ2v) is 14.2. The molecule has 272 valence electrons. The number of hydrogen-bond donors (Lipinski definition) is 6. The molecular formula is C32H44N14O3S2. The smallest absolute Gasteiger partial charge is 0.319 e. The van der Waals surface area contributed by atoms with Gasteiger partial charge in [-0.3, -0.25) is 9.59 Å². The summed E-state index contributed by atoms with van der Waals surface area (Å²) in [6, 6.07) is 4.19. The number of piperidine rings is 1. The Morgan fingerprint density at radius 3 is 1.71 bits per heavy atom. The molecule has 1 aliphatic carbocycles. The van der Waals surface area contributed by atoms with E-state index < -0.39 is 11.8 Å². The van der Waals surface area contributed by atoms with E-state index >= 15 is 0 Å². The summed E-state index contributed by atoms with van der Waals surface area (Å²) in [5.41, 5.74) is 12.8. The summed E-state index contributed by atoms with van der Waals surface area (Å²) < 4.78 is 8.40. The average Bonchev–Trinajstić information content (AvgIpc) is 3.71. The van der Waals surface area contributed by atoms with Crippen molar-refractivity contribution in [1.82, 2.24) is 38.5 Å². The molecular weight excluding hydrogens is 693 g/mol. The highest BCUT2D eigenvalue weighted by atomic mass is 32.1. The summed E-state index contributed by atoms with van der Waals surface area (Å²) in [6.45, 7) is 5.10. The Hall–Kier alpha value is -5.17. The maximum atomic E-state index is 12.2. The Labute approximate surface area is 304 Å². The van der Waals surface area contributed by atoms with E-state index in [-0.39, 0.29) is 29.3 Å². The lowest BCUT2D eigenvalue weighted by atomic mass is 9.96. The molecule has 1 aliphatic heterocycles. The second-order valence-electron chi connectivity index (χ2n) is 12.6. The molecule has 5 heterocycles. The van der Waals surface area contributed by atoms with Crippen LogP contribution in [0.2, 0.25) is 0 Å². The molecule has 4 aromatic heterocycles. The van der Waals surface area contributed by atoms with Crippen molar-refractivity contribution < 1.29 is 14.4 Å². The number of aromatic nitrogens is 6. The van der Waals surface area contributed by atoms with E-state index in [4.69, 9.17) is 11.5 Å². The number of carbonyl (C=O) groups is 3. The fourth-order valence-electron chi connectivity index (χ4n) is 5.75. The van der Waals surface area contributed by atoms with Crippen molar-refractivity contribution in [3.05, 3.63) is 47.3 Å². The summed E-state index contributed by atoms with van der Waals surface area (Å²) in [4.78, 5) is 56.1. The molecule has 17 nitrogen and oxygen atoms in total. The molecule has 19 heteroatoms. The minimum atomic E-state index is -0.664. The number of amides is 4. The van der Waals surface area contributed by atoms with Crippen LogP contribution in [0.5, 0.6) is 0 Å². The molecule has 51 heavy (non-hydrogen) atoms. The van der Waals surface area contributed by atoms with Crippen LogP contribution >= 0.6 is 23.1 Å². The first-order valence-corrected chi connectivity index (χ1v) is 18.2. The number of primary amides is 2. The van der Waals surface area contributed by atoms with Gasteiger partial charge in [-0.1, -0.05) is 19.3 Å². The van der Waals surface area contributed by atoms with Crippen LogP contribution in [0.3, 0.4) is 0 Å². The predicted molar refractivity (Wildman–Crippen MR) is 199 cm³/mol. The fourth-order valence-corrected chi connectivity index (χ4v) is 7.07. The Morgan fingerprint density at radius 1 is 0.765 bits per heavy atom. The van der Waals surface area contributed by atoms with E-state index in [9.17, 15) is 14.4 Å². The number of hydrogen-bond acceptors (Lipinski definition) is 15. The Balaban J connectivity index is 0.000000201. The van der Waals surface area contributed by atoms with Crippen LogP contribution < -0.4 is 32.7 Å². The zero-order valence-electron chi connectivity index (χ0n) is 29.1. The number of urea groups is 1. The zero-order valence-corrected chi connectivity index (χ0v) is 30.7. The van der Waals surface area contributed by atoms with Crippen molar-refractivity contribution in [3.8, 4) is 0 Å². The van der Waals surface area contributed by atoms with Crippen LogP contribution in [-0.2, 0) is 0 Å². The molecule has 0 aromatic carbocycles. The van der Waals surface area contributed by atoms with Gasteiger partial charge in [0.1, 0.15) is 21.6 Å². The third-order valence-corrected chi connectivity index (χ3v) is 9.73. The van der Waals surface area contributed by atoms with Crippen LogP contribution in [0.4, 0.5) is 38.1 Å². The highest BCUT2D eigenvalue weighted by Gasteiger charge is 2.25. The van der Waals surface area contributed by atoms with Gasteiger partial charge >= 0.3 is 6.03 Å². The van der Waals surface area contributed by atoms with Crippen molar-refractivity contribution >= 4 is 74.2 Å². The molecule has 6 rings (SSSR count). The SMILES string of the molecule is Cc1cc(Nc2nc(NC3CCCCC3)cnc2C(N)=O)sn1.Cc1cc(Nc2nc(N[C@@H]3CCCN(C(=O)N(C)C)C3)cnc2C(N)=O)sn1. The van der Waals surface area contributed by atoms with Crippen LogP contribution in [0.25, 0.3) is 0 Å². The first-order chi connectivity index (χ1) is 24.4. The van der Waals surface area contributed by atoms with Gasteiger partial charge in [-0.15, -0.1) is 0 Å². The molecule has 1 saturated carbocycles. The highest BCUT2D eigenvalue weighted by molar-refractivity contribution is 7.10. The van der Waals surface area contributed by atoms with Crippen molar-refractivity contribution in [2.24, 2.45) is 11.5 Å². The predicted octanol–water partition coefficient (Wildman–Crippen LogP) is 4.47. The molecule has 2 aliphatic rings. The van der Waals surface area contributed by atoms with Crippen molar-refractivity contribution in [3.63, 3.8) is 0 Å². The highest BCUT2D eigenvalue weighted by Crippen LogP contribution is 2.26. The molecule has 8 N–H and O–H groups in total. The summed E-state index contributed by atoms with van der Waals surface area (Å²) in [5.74, 6) is 0.539. The maximum absolute atomic E-state index is 12.2. The van der Waals surface area contributed by atoms with Gasteiger partial charge in [0.15, 0.2) is 23.0 Å². The van der Waals surface area contributed by atoms with Crippen molar-refractivity contribution in [2.75, 3.05) is 48.5 Å². The van der Waals surface area contributed by atoms with E-state index in [0.717, 1.165) is 53.6 Å². The van der Waals surface area contributed by atoms with Gasteiger partial charge in [0, 0.05) is 39.3 Å². The first kappa shape index (κ1) is 37.1. The second kappa shape index (κ2) is 17.2. The summed E-state index contributed by atoms with van der Waals surface area (Å²) in [6.07, 6.45) is 10.9. The van der Waals surface area contributed by atoms with Crippen LogP contribution in [0.15, 0.2) is 24.5 Å². The lowest BCUT2D eigenvalue weighted by Crippen LogP contribution is -2.48. The van der Waals surface area contributed by atoms with Crippen LogP contribution in [0, 0.1) is 13.8 Å².